The highest BCUT2D eigenvalue weighted by Crippen LogP contribution is 2.25. The van der Waals surface area contributed by atoms with Crippen molar-refractivity contribution in [3.8, 4) is 11.5 Å². The van der Waals surface area contributed by atoms with E-state index < -0.39 is 9.84 Å². The summed E-state index contributed by atoms with van der Waals surface area (Å²) >= 11 is 0. The molecule has 0 saturated carbocycles. The van der Waals surface area contributed by atoms with Crippen LogP contribution < -0.4 is 14.8 Å². The molecule has 20 heavy (non-hydrogen) atoms. The molecule has 0 aliphatic carbocycles. The Labute approximate surface area is 118 Å². The molecule has 110 valence electrons. The van der Waals surface area contributed by atoms with E-state index in [1.165, 1.54) is 7.11 Å². The quantitative estimate of drug-likeness (QED) is 0.850. The van der Waals surface area contributed by atoms with Gasteiger partial charge < -0.3 is 14.8 Å². The molecule has 1 N–H and O–H groups in total. The van der Waals surface area contributed by atoms with Gasteiger partial charge in [0.1, 0.15) is 0 Å². The van der Waals surface area contributed by atoms with Crippen molar-refractivity contribution in [1.29, 1.82) is 0 Å². The first-order valence-electron chi connectivity index (χ1n) is 6.26. The summed E-state index contributed by atoms with van der Waals surface area (Å²) in [5, 5.41) is 2.66. The minimum absolute atomic E-state index is 0.00734. The maximum absolute atomic E-state index is 11.7. The first-order valence-corrected chi connectivity index (χ1v) is 8.08. The van der Waals surface area contributed by atoms with E-state index in [4.69, 9.17) is 9.47 Å². The van der Waals surface area contributed by atoms with Crippen LogP contribution in [0.1, 0.15) is 6.42 Å². The Balaban J connectivity index is 1.84. The maximum atomic E-state index is 11.7. The van der Waals surface area contributed by atoms with Gasteiger partial charge in [0.2, 0.25) is 0 Å². The topological polar surface area (TPSA) is 81.7 Å². The Morgan fingerprint density at radius 3 is 2.65 bits per heavy atom. The number of hydrogen-bond donors (Lipinski definition) is 1. The van der Waals surface area contributed by atoms with E-state index in [0.717, 1.165) is 0 Å². The van der Waals surface area contributed by atoms with Gasteiger partial charge in [0.15, 0.2) is 27.9 Å². The highest BCUT2D eigenvalue weighted by Gasteiger charge is 2.28. The summed E-state index contributed by atoms with van der Waals surface area (Å²) in [5.74, 6) is 0.824. The molecule has 0 radical (unpaired) electrons. The minimum atomic E-state index is -2.99. The van der Waals surface area contributed by atoms with Crippen molar-refractivity contribution in [2.75, 3.05) is 25.2 Å². The van der Waals surface area contributed by atoms with Gasteiger partial charge in [-0.15, -0.1) is 0 Å². The van der Waals surface area contributed by atoms with Crippen LogP contribution in [0.4, 0.5) is 0 Å². The normalized spacial score (nSPS) is 20.4. The molecule has 7 heteroatoms. The van der Waals surface area contributed by atoms with E-state index >= 15 is 0 Å². The van der Waals surface area contributed by atoms with Gasteiger partial charge in [-0.05, 0) is 18.6 Å². The summed E-state index contributed by atoms with van der Waals surface area (Å²) in [6.45, 7) is -0.170. The Morgan fingerprint density at radius 1 is 1.35 bits per heavy atom. The molecule has 1 aromatic rings. The molecule has 1 saturated heterocycles. The number of carbonyl (C=O) groups is 1. The number of carbonyl (C=O) groups excluding carboxylic acids is 1. The molecular formula is C13H17NO5S. The van der Waals surface area contributed by atoms with Crippen molar-refractivity contribution in [3.05, 3.63) is 24.3 Å². The van der Waals surface area contributed by atoms with Crippen molar-refractivity contribution < 1.29 is 22.7 Å². The molecule has 1 fully saturated rings. The predicted octanol–water partition coefficient (Wildman–Crippen LogP) is 0.377. The summed E-state index contributed by atoms with van der Waals surface area (Å²) in [6, 6.07) is 6.70. The fraction of sp³-hybridized carbons (Fsp3) is 0.462. The summed E-state index contributed by atoms with van der Waals surface area (Å²) in [4.78, 5) is 11.7. The highest BCUT2D eigenvalue weighted by atomic mass is 32.2. The number of amides is 1. The van der Waals surface area contributed by atoms with Gasteiger partial charge >= 0.3 is 0 Å². The number of ether oxygens (including phenoxy) is 2. The lowest BCUT2D eigenvalue weighted by molar-refractivity contribution is -0.123. The Kier molecular flexibility index (Phi) is 4.49. The standard InChI is InChI=1S/C13H17NO5S/c1-18-11-4-2-3-5-12(11)19-8-13(15)14-10-6-7-20(16,17)9-10/h2-5,10H,6-9H2,1H3,(H,14,15)/t10-/m1/s1. The zero-order chi connectivity index (χ0) is 14.6. The van der Waals surface area contributed by atoms with E-state index in [1.54, 1.807) is 24.3 Å². The van der Waals surface area contributed by atoms with Crippen LogP contribution in [-0.2, 0) is 14.6 Å². The summed E-state index contributed by atoms with van der Waals surface area (Å²) in [7, 11) is -1.47. The largest absolute Gasteiger partial charge is 0.493 e. The van der Waals surface area contributed by atoms with Gasteiger partial charge in [-0.3, -0.25) is 4.79 Å². The third-order valence-electron chi connectivity index (χ3n) is 3.03. The van der Waals surface area contributed by atoms with Crippen LogP contribution in [0.3, 0.4) is 0 Å². The lowest BCUT2D eigenvalue weighted by Gasteiger charge is -2.13. The summed E-state index contributed by atoms with van der Waals surface area (Å²) < 4.78 is 33.0. The number of rotatable bonds is 5. The van der Waals surface area contributed by atoms with Crippen LogP contribution in [0.5, 0.6) is 11.5 Å². The first kappa shape index (κ1) is 14.6. The van der Waals surface area contributed by atoms with Crippen LogP contribution in [-0.4, -0.2) is 45.6 Å². The van der Waals surface area contributed by atoms with Gasteiger partial charge in [-0.2, -0.15) is 0 Å². The monoisotopic (exact) mass is 299 g/mol. The summed E-state index contributed by atoms with van der Waals surface area (Å²) in [5.41, 5.74) is 0. The molecule has 0 spiro atoms. The molecule has 6 nitrogen and oxygen atoms in total. The molecule has 0 aromatic heterocycles. The Bertz CT molecular complexity index is 584. The van der Waals surface area contributed by atoms with Crippen molar-refractivity contribution >= 4 is 15.7 Å². The molecule has 1 heterocycles. The average molecular weight is 299 g/mol. The summed E-state index contributed by atoms with van der Waals surface area (Å²) in [6.07, 6.45) is 0.461. The van der Waals surface area contributed by atoms with E-state index in [9.17, 15) is 13.2 Å². The highest BCUT2D eigenvalue weighted by molar-refractivity contribution is 7.91. The SMILES string of the molecule is COc1ccccc1OCC(=O)N[C@@H]1CCS(=O)(=O)C1. The number of sulfone groups is 1. The smallest absolute Gasteiger partial charge is 0.258 e. The van der Waals surface area contributed by atoms with Crippen LogP contribution in [0.15, 0.2) is 24.3 Å². The first-order chi connectivity index (χ1) is 9.50. The van der Waals surface area contributed by atoms with Gasteiger partial charge in [0.05, 0.1) is 18.6 Å². The van der Waals surface area contributed by atoms with Crippen LogP contribution >= 0.6 is 0 Å². The Hall–Kier alpha value is -1.76. The lowest BCUT2D eigenvalue weighted by atomic mass is 10.2. The number of methoxy groups -OCH3 is 1. The number of nitrogens with one attached hydrogen (secondary N) is 1. The molecule has 1 aromatic carbocycles. The molecule has 1 aliphatic heterocycles. The molecule has 1 aliphatic rings. The van der Waals surface area contributed by atoms with Crippen molar-refractivity contribution in [1.82, 2.24) is 5.32 Å². The third-order valence-corrected chi connectivity index (χ3v) is 4.79. The van der Waals surface area contributed by atoms with Gasteiger partial charge in [-0.1, -0.05) is 12.1 Å². The number of hydrogen-bond acceptors (Lipinski definition) is 5. The maximum Gasteiger partial charge on any atom is 0.258 e. The van der Waals surface area contributed by atoms with Gasteiger partial charge in [-0.25, -0.2) is 8.42 Å². The van der Waals surface area contributed by atoms with Crippen molar-refractivity contribution in [3.63, 3.8) is 0 Å². The van der Waals surface area contributed by atoms with E-state index in [0.29, 0.717) is 17.9 Å². The van der Waals surface area contributed by atoms with E-state index in [2.05, 4.69) is 5.32 Å². The van der Waals surface area contributed by atoms with Gasteiger partial charge in [0.25, 0.3) is 5.91 Å². The van der Waals surface area contributed by atoms with Crippen molar-refractivity contribution in [2.45, 2.75) is 12.5 Å². The van der Waals surface area contributed by atoms with Crippen LogP contribution in [0.25, 0.3) is 0 Å². The van der Waals surface area contributed by atoms with Gasteiger partial charge in [0, 0.05) is 6.04 Å². The second-order valence-corrected chi connectivity index (χ2v) is 6.84. The molecule has 1 amide bonds. The average Bonchev–Trinajstić information content (AvgIpc) is 2.76. The number of para-hydroxylation sites is 2. The lowest BCUT2D eigenvalue weighted by Crippen LogP contribution is -2.38. The van der Waals surface area contributed by atoms with Crippen LogP contribution in [0.2, 0.25) is 0 Å². The second kappa shape index (κ2) is 6.13. The van der Waals surface area contributed by atoms with Crippen molar-refractivity contribution in [2.24, 2.45) is 0 Å². The van der Waals surface area contributed by atoms with Crippen LogP contribution in [0, 0.1) is 0 Å². The number of benzene rings is 1. The molecule has 1 atom stereocenters. The molecule has 2 rings (SSSR count). The third kappa shape index (κ3) is 3.86. The van der Waals surface area contributed by atoms with E-state index in [1.807, 2.05) is 0 Å². The van der Waals surface area contributed by atoms with E-state index in [-0.39, 0.29) is 30.1 Å². The zero-order valence-corrected chi connectivity index (χ0v) is 12.0. The Morgan fingerprint density at radius 2 is 2.05 bits per heavy atom. The minimum Gasteiger partial charge on any atom is -0.493 e. The molecule has 0 unspecified atom stereocenters. The fourth-order valence-electron chi connectivity index (χ4n) is 2.06. The zero-order valence-electron chi connectivity index (χ0n) is 11.2. The predicted molar refractivity (Wildman–Crippen MR) is 73.7 cm³/mol. The fourth-order valence-corrected chi connectivity index (χ4v) is 3.73. The molecular weight excluding hydrogens is 282 g/mol. The second-order valence-electron chi connectivity index (χ2n) is 4.61. The molecule has 0 bridgehead atoms.